The maximum Gasteiger partial charge on any atom is 0.417 e. The Hall–Kier alpha value is -0.610. The third kappa shape index (κ3) is 3.76. The molecule has 0 aromatic heterocycles. The zero-order valence-electron chi connectivity index (χ0n) is 8.24. The topological polar surface area (TPSA) is 12.0 Å². The Morgan fingerprint density at radius 3 is 2.44 bits per heavy atom. The van der Waals surface area contributed by atoms with Crippen LogP contribution in [0.5, 0.6) is 0 Å². The quantitative estimate of drug-likeness (QED) is 0.632. The van der Waals surface area contributed by atoms with Crippen LogP contribution in [-0.2, 0) is 6.18 Å². The molecule has 0 bridgehead atoms. The summed E-state index contributed by atoms with van der Waals surface area (Å²) in [6.07, 6.45) is -3.67. The van der Waals surface area contributed by atoms with Crippen molar-refractivity contribution >= 4 is 28.9 Å². The van der Waals surface area contributed by atoms with E-state index >= 15 is 0 Å². The largest absolute Gasteiger partial charge is 0.417 e. The second-order valence-corrected chi connectivity index (χ2v) is 3.95. The summed E-state index contributed by atoms with van der Waals surface area (Å²) < 4.78 is 37.1. The average Bonchev–Trinajstić information content (AvgIpc) is 2.16. The van der Waals surface area contributed by atoms with Crippen LogP contribution in [0.1, 0.15) is 12.0 Å². The van der Waals surface area contributed by atoms with E-state index < -0.39 is 11.7 Å². The molecule has 0 saturated heterocycles. The highest BCUT2D eigenvalue weighted by molar-refractivity contribution is 6.31. The van der Waals surface area contributed by atoms with Gasteiger partial charge in [-0.2, -0.15) is 13.2 Å². The molecule has 0 unspecified atom stereocenters. The zero-order valence-corrected chi connectivity index (χ0v) is 9.76. The maximum atomic E-state index is 12.4. The van der Waals surface area contributed by atoms with Gasteiger partial charge in [-0.25, -0.2) is 0 Å². The van der Waals surface area contributed by atoms with Gasteiger partial charge in [0.15, 0.2) is 0 Å². The summed E-state index contributed by atoms with van der Waals surface area (Å²) in [7, 11) is 0. The van der Waals surface area contributed by atoms with Gasteiger partial charge in [0.05, 0.1) is 10.6 Å². The van der Waals surface area contributed by atoms with Gasteiger partial charge >= 0.3 is 6.18 Å². The van der Waals surface area contributed by atoms with Gasteiger partial charge in [-0.15, -0.1) is 11.6 Å². The number of rotatable bonds is 4. The second kappa shape index (κ2) is 5.64. The molecular weight excluding hydrogens is 262 g/mol. The molecule has 0 fully saturated rings. The van der Waals surface area contributed by atoms with E-state index in [0.29, 0.717) is 18.1 Å². The van der Waals surface area contributed by atoms with Crippen molar-refractivity contribution < 1.29 is 13.2 Å². The molecule has 90 valence electrons. The molecule has 1 nitrogen and oxygen atoms in total. The third-order valence-electron chi connectivity index (χ3n) is 1.91. The fourth-order valence-corrected chi connectivity index (χ4v) is 1.58. The SMILES string of the molecule is FC(F)(F)c1ccc(NCCCCl)cc1Cl. The Morgan fingerprint density at radius 2 is 1.94 bits per heavy atom. The van der Waals surface area contributed by atoms with E-state index in [-0.39, 0.29) is 5.02 Å². The van der Waals surface area contributed by atoms with Gasteiger partial charge in [-0.05, 0) is 24.6 Å². The monoisotopic (exact) mass is 271 g/mol. The molecular formula is C10H10Cl2F3N. The molecule has 0 aliphatic carbocycles. The van der Waals surface area contributed by atoms with Crippen LogP contribution in [0.3, 0.4) is 0 Å². The predicted octanol–water partition coefficient (Wildman–Crippen LogP) is 4.40. The number of anilines is 1. The minimum Gasteiger partial charge on any atom is -0.385 e. The van der Waals surface area contributed by atoms with E-state index in [1.807, 2.05) is 0 Å². The molecule has 0 heterocycles. The highest BCUT2D eigenvalue weighted by Crippen LogP contribution is 2.35. The Balaban J connectivity index is 2.75. The Labute approximate surface area is 102 Å². The molecule has 1 aromatic carbocycles. The first-order valence-corrected chi connectivity index (χ1v) is 5.53. The van der Waals surface area contributed by atoms with Crippen molar-refractivity contribution in [3.8, 4) is 0 Å². The van der Waals surface area contributed by atoms with Crippen LogP contribution >= 0.6 is 23.2 Å². The molecule has 16 heavy (non-hydrogen) atoms. The zero-order chi connectivity index (χ0) is 12.2. The minimum absolute atomic E-state index is 0.302. The van der Waals surface area contributed by atoms with E-state index in [4.69, 9.17) is 23.2 Å². The molecule has 0 radical (unpaired) electrons. The van der Waals surface area contributed by atoms with Crippen molar-refractivity contribution in [3.63, 3.8) is 0 Å². The molecule has 0 amide bonds. The normalized spacial score (nSPS) is 11.6. The highest BCUT2D eigenvalue weighted by atomic mass is 35.5. The number of benzene rings is 1. The molecule has 0 atom stereocenters. The van der Waals surface area contributed by atoms with Crippen molar-refractivity contribution in [1.82, 2.24) is 0 Å². The first-order valence-electron chi connectivity index (χ1n) is 4.61. The summed E-state index contributed by atoms with van der Waals surface area (Å²) in [5.41, 5.74) is -0.264. The van der Waals surface area contributed by atoms with E-state index in [0.717, 1.165) is 12.5 Å². The fraction of sp³-hybridized carbons (Fsp3) is 0.400. The summed E-state index contributed by atoms with van der Waals surface area (Å²) in [6.45, 7) is 0.602. The standard InChI is InChI=1S/C10H10Cl2F3N/c11-4-1-5-16-7-2-3-8(9(12)6-7)10(13,14)15/h2-3,6,16H,1,4-5H2. The molecule has 1 aromatic rings. The summed E-state index contributed by atoms with van der Waals surface area (Å²) in [5, 5.41) is 2.63. The number of alkyl halides is 4. The van der Waals surface area contributed by atoms with Crippen LogP contribution in [0.15, 0.2) is 18.2 Å². The van der Waals surface area contributed by atoms with E-state index in [9.17, 15) is 13.2 Å². The van der Waals surface area contributed by atoms with Crippen molar-refractivity contribution in [2.24, 2.45) is 0 Å². The van der Waals surface area contributed by atoms with Gasteiger partial charge in [-0.3, -0.25) is 0 Å². The predicted molar refractivity (Wildman–Crippen MR) is 60.3 cm³/mol. The summed E-state index contributed by atoms with van der Waals surface area (Å²) in [6, 6.07) is 3.58. The first-order chi connectivity index (χ1) is 7.45. The number of hydrogen-bond donors (Lipinski definition) is 1. The van der Waals surface area contributed by atoms with Gasteiger partial charge in [-0.1, -0.05) is 11.6 Å². The van der Waals surface area contributed by atoms with Gasteiger partial charge in [0, 0.05) is 18.1 Å². The number of nitrogens with one attached hydrogen (secondary N) is 1. The van der Waals surface area contributed by atoms with Gasteiger partial charge < -0.3 is 5.32 Å². The lowest BCUT2D eigenvalue weighted by Gasteiger charge is -2.11. The number of halogens is 5. The molecule has 1 rings (SSSR count). The molecule has 1 N–H and O–H groups in total. The lowest BCUT2D eigenvalue weighted by Crippen LogP contribution is -2.07. The van der Waals surface area contributed by atoms with Crippen LogP contribution in [0, 0.1) is 0 Å². The lowest BCUT2D eigenvalue weighted by molar-refractivity contribution is -0.137. The van der Waals surface area contributed by atoms with Crippen molar-refractivity contribution in [2.75, 3.05) is 17.7 Å². The van der Waals surface area contributed by atoms with E-state index in [1.165, 1.54) is 12.1 Å². The van der Waals surface area contributed by atoms with Crippen LogP contribution in [0.2, 0.25) is 5.02 Å². The minimum atomic E-state index is -4.41. The second-order valence-electron chi connectivity index (χ2n) is 3.16. The van der Waals surface area contributed by atoms with Gasteiger partial charge in [0.1, 0.15) is 0 Å². The lowest BCUT2D eigenvalue weighted by atomic mass is 10.2. The molecule has 0 aliphatic rings. The summed E-state index contributed by atoms with van der Waals surface area (Å²) in [4.78, 5) is 0. The molecule has 0 aliphatic heterocycles. The Bertz CT molecular complexity index is 352. The Kier molecular flexibility index (Phi) is 4.74. The highest BCUT2D eigenvalue weighted by Gasteiger charge is 2.32. The van der Waals surface area contributed by atoms with E-state index in [2.05, 4.69) is 5.32 Å². The molecule has 0 spiro atoms. The summed E-state index contributed by atoms with van der Waals surface area (Å²) >= 11 is 11.0. The van der Waals surface area contributed by atoms with Crippen LogP contribution in [0.4, 0.5) is 18.9 Å². The molecule has 0 saturated carbocycles. The van der Waals surface area contributed by atoms with Gasteiger partial charge in [0.25, 0.3) is 0 Å². The smallest absolute Gasteiger partial charge is 0.385 e. The van der Waals surface area contributed by atoms with Crippen molar-refractivity contribution in [3.05, 3.63) is 28.8 Å². The van der Waals surface area contributed by atoms with Crippen LogP contribution < -0.4 is 5.32 Å². The average molecular weight is 272 g/mol. The van der Waals surface area contributed by atoms with Crippen molar-refractivity contribution in [1.29, 1.82) is 0 Å². The Morgan fingerprint density at radius 1 is 1.25 bits per heavy atom. The fourth-order valence-electron chi connectivity index (χ4n) is 1.15. The maximum absolute atomic E-state index is 12.4. The number of hydrogen-bond acceptors (Lipinski definition) is 1. The van der Waals surface area contributed by atoms with Gasteiger partial charge in [0.2, 0.25) is 0 Å². The van der Waals surface area contributed by atoms with E-state index in [1.54, 1.807) is 0 Å². The van der Waals surface area contributed by atoms with Crippen molar-refractivity contribution in [2.45, 2.75) is 12.6 Å². The summed E-state index contributed by atoms with van der Waals surface area (Å²) in [5.74, 6) is 0.501. The van der Waals surface area contributed by atoms with Crippen LogP contribution in [0.25, 0.3) is 0 Å². The third-order valence-corrected chi connectivity index (χ3v) is 2.49. The van der Waals surface area contributed by atoms with Crippen LogP contribution in [-0.4, -0.2) is 12.4 Å². The first kappa shape index (κ1) is 13.5. The molecule has 6 heteroatoms.